The van der Waals surface area contributed by atoms with Gasteiger partial charge in [0.25, 0.3) is 0 Å². The predicted molar refractivity (Wildman–Crippen MR) is 131 cm³/mol. The third kappa shape index (κ3) is 5.19. The number of nitrogens with two attached hydrogens (primary N) is 1. The highest BCUT2D eigenvalue weighted by atomic mass is 19.2. The standard InChI is InChI=1S/C27H23F4N5O/c28-18-5-1-16(2-6-18)13-23(32)27(37)35-11-12-36-24(15-35)34-25(17-3-7-19(29)8-4-17)26(36)33-20-9-10-21(30)22(31)14-20/h1-10,14,23,33H,11-13,15,32H2/t23-/m0/s1. The lowest BCUT2D eigenvalue weighted by Crippen LogP contribution is -2.47. The van der Waals surface area contributed by atoms with E-state index in [-0.39, 0.29) is 24.7 Å². The van der Waals surface area contributed by atoms with E-state index < -0.39 is 23.5 Å². The first kappa shape index (κ1) is 24.5. The molecule has 0 saturated carbocycles. The minimum atomic E-state index is -1.00. The number of amides is 1. The molecule has 1 atom stereocenters. The fourth-order valence-corrected chi connectivity index (χ4v) is 4.36. The third-order valence-electron chi connectivity index (χ3n) is 6.27. The first-order chi connectivity index (χ1) is 17.8. The molecule has 1 aliphatic rings. The molecule has 0 spiro atoms. The maximum absolute atomic E-state index is 13.9. The van der Waals surface area contributed by atoms with E-state index in [9.17, 15) is 22.4 Å². The van der Waals surface area contributed by atoms with Gasteiger partial charge < -0.3 is 20.5 Å². The Labute approximate surface area is 210 Å². The van der Waals surface area contributed by atoms with Gasteiger partial charge in [0.2, 0.25) is 5.91 Å². The summed E-state index contributed by atoms with van der Waals surface area (Å²) in [4.78, 5) is 19.4. The van der Waals surface area contributed by atoms with Gasteiger partial charge in [-0.15, -0.1) is 0 Å². The molecule has 190 valence electrons. The van der Waals surface area contributed by atoms with Crippen molar-refractivity contribution in [2.75, 3.05) is 11.9 Å². The summed E-state index contributed by atoms with van der Waals surface area (Å²) >= 11 is 0. The van der Waals surface area contributed by atoms with Crippen LogP contribution in [0, 0.1) is 23.3 Å². The number of fused-ring (bicyclic) bond motifs is 1. The van der Waals surface area contributed by atoms with Crippen LogP contribution in [0.25, 0.3) is 11.3 Å². The molecule has 1 amide bonds. The van der Waals surface area contributed by atoms with Gasteiger partial charge in [-0.05, 0) is 60.5 Å². The molecule has 3 N–H and O–H groups in total. The number of carbonyl (C=O) groups is 1. The Morgan fingerprint density at radius 1 is 0.919 bits per heavy atom. The number of rotatable bonds is 6. The molecule has 10 heteroatoms. The molecule has 1 aromatic heterocycles. The number of nitrogens with zero attached hydrogens (tertiary/aromatic N) is 3. The number of benzene rings is 3. The molecule has 0 radical (unpaired) electrons. The van der Waals surface area contributed by atoms with Crippen LogP contribution in [0.5, 0.6) is 0 Å². The average molecular weight is 510 g/mol. The summed E-state index contributed by atoms with van der Waals surface area (Å²) in [6.45, 7) is 0.878. The van der Waals surface area contributed by atoms with E-state index in [2.05, 4.69) is 5.32 Å². The third-order valence-corrected chi connectivity index (χ3v) is 6.27. The Morgan fingerprint density at radius 3 is 2.27 bits per heavy atom. The van der Waals surface area contributed by atoms with Crippen LogP contribution < -0.4 is 11.1 Å². The van der Waals surface area contributed by atoms with Gasteiger partial charge in [0.1, 0.15) is 29.0 Å². The Kier molecular flexibility index (Phi) is 6.66. The minimum Gasteiger partial charge on any atom is -0.340 e. The van der Waals surface area contributed by atoms with Crippen LogP contribution in [0.4, 0.5) is 29.1 Å². The zero-order chi connectivity index (χ0) is 26.1. The van der Waals surface area contributed by atoms with Crippen molar-refractivity contribution in [3.63, 3.8) is 0 Å². The van der Waals surface area contributed by atoms with Crippen LogP contribution in [0.1, 0.15) is 11.4 Å². The molecule has 5 rings (SSSR count). The summed E-state index contributed by atoms with van der Waals surface area (Å²) in [5.41, 5.74) is 8.33. The lowest BCUT2D eigenvalue weighted by Gasteiger charge is -2.30. The number of aromatic nitrogens is 2. The molecule has 6 nitrogen and oxygen atoms in total. The van der Waals surface area contributed by atoms with E-state index in [1.807, 2.05) is 4.57 Å². The van der Waals surface area contributed by atoms with Crippen molar-refractivity contribution in [2.24, 2.45) is 5.73 Å². The maximum Gasteiger partial charge on any atom is 0.240 e. The second-order valence-corrected chi connectivity index (χ2v) is 8.83. The van der Waals surface area contributed by atoms with Crippen molar-refractivity contribution in [3.05, 3.63) is 101 Å². The van der Waals surface area contributed by atoms with E-state index in [1.54, 1.807) is 29.2 Å². The van der Waals surface area contributed by atoms with Crippen molar-refractivity contribution in [1.29, 1.82) is 0 Å². The first-order valence-electron chi connectivity index (χ1n) is 11.6. The molecule has 0 aliphatic carbocycles. The van der Waals surface area contributed by atoms with Crippen molar-refractivity contribution >= 4 is 17.4 Å². The number of hydrogen-bond acceptors (Lipinski definition) is 4. The number of anilines is 2. The SMILES string of the molecule is N[C@@H](Cc1ccc(F)cc1)C(=O)N1CCn2c(nc(-c3ccc(F)cc3)c2Nc2ccc(F)c(F)c2)C1. The molecule has 0 bridgehead atoms. The van der Waals surface area contributed by atoms with Crippen LogP contribution in [0.2, 0.25) is 0 Å². The lowest BCUT2D eigenvalue weighted by molar-refractivity contribution is -0.134. The summed E-state index contributed by atoms with van der Waals surface area (Å²) in [5, 5.41) is 3.11. The molecule has 1 aliphatic heterocycles. The number of halogens is 4. The van der Waals surface area contributed by atoms with Gasteiger partial charge in [0.05, 0.1) is 12.6 Å². The molecule has 0 fully saturated rings. The van der Waals surface area contributed by atoms with E-state index in [0.29, 0.717) is 41.7 Å². The van der Waals surface area contributed by atoms with E-state index in [0.717, 1.165) is 17.7 Å². The fraction of sp³-hybridized carbons (Fsp3) is 0.185. The second kappa shape index (κ2) is 10.1. The zero-order valence-electron chi connectivity index (χ0n) is 19.6. The largest absolute Gasteiger partial charge is 0.340 e. The topological polar surface area (TPSA) is 76.2 Å². The molecule has 37 heavy (non-hydrogen) atoms. The average Bonchev–Trinajstić information content (AvgIpc) is 3.25. The Hall–Kier alpha value is -4.18. The highest BCUT2D eigenvalue weighted by molar-refractivity contribution is 5.82. The van der Waals surface area contributed by atoms with Crippen LogP contribution in [0.15, 0.2) is 66.7 Å². The van der Waals surface area contributed by atoms with Gasteiger partial charge >= 0.3 is 0 Å². The maximum atomic E-state index is 13.9. The molecule has 0 unspecified atom stereocenters. The van der Waals surface area contributed by atoms with Crippen molar-refractivity contribution in [3.8, 4) is 11.3 Å². The highest BCUT2D eigenvalue weighted by Gasteiger charge is 2.29. The minimum absolute atomic E-state index is 0.170. The summed E-state index contributed by atoms with van der Waals surface area (Å²) in [6.07, 6.45) is 0.258. The summed E-state index contributed by atoms with van der Waals surface area (Å²) in [6, 6.07) is 14.2. The van der Waals surface area contributed by atoms with E-state index in [4.69, 9.17) is 10.7 Å². The van der Waals surface area contributed by atoms with Crippen molar-refractivity contribution in [1.82, 2.24) is 14.5 Å². The molecular weight excluding hydrogens is 486 g/mol. The number of carbonyl (C=O) groups excluding carboxylic acids is 1. The predicted octanol–water partition coefficient (Wildman–Crippen LogP) is 4.76. The number of hydrogen-bond donors (Lipinski definition) is 2. The number of imidazole rings is 1. The smallest absolute Gasteiger partial charge is 0.240 e. The van der Waals surface area contributed by atoms with Gasteiger partial charge in [-0.2, -0.15) is 0 Å². The molecule has 3 aromatic carbocycles. The second-order valence-electron chi connectivity index (χ2n) is 8.83. The summed E-state index contributed by atoms with van der Waals surface area (Å²) < 4.78 is 55.9. The van der Waals surface area contributed by atoms with Crippen molar-refractivity contribution in [2.45, 2.75) is 25.6 Å². The summed E-state index contributed by atoms with van der Waals surface area (Å²) in [5.74, 6) is -1.94. The summed E-state index contributed by atoms with van der Waals surface area (Å²) in [7, 11) is 0. The lowest BCUT2D eigenvalue weighted by atomic mass is 10.1. The van der Waals surface area contributed by atoms with Gasteiger partial charge in [0.15, 0.2) is 11.6 Å². The van der Waals surface area contributed by atoms with Crippen molar-refractivity contribution < 1.29 is 22.4 Å². The monoisotopic (exact) mass is 509 g/mol. The van der Waals surface area contributed by atoms with Crippen LogP contribution in [-0.4, -0.2) is 32.9 Å². The van der Waals surface area contributed by atoms with Crippen LogP contribution in [-0.2, 0) is 24.3 Å². The van der Waals surface area contributed by atoms with E-state index >= 15 is 0 Å². The molecular formula is C27H23F4N5O. The Balaban J connectivity index is 1.42. The molecule has 0 saturated heterocycles. The molecule has 2 heterocycles. The van der Waals surface area contributed by atoms with Gasteiger partial charge in [0, 0.05) is 30.4 Å². The van der Waals surface area contributed by atoms with Crippen LogP contribution >= 0.6 is 0 Å². The van der Waals surface area contributed by atoms with Gasteiger partial charge in [-0.1, -0.05) is 12.1 Å². The normalized spacial score (nSPS) is 13.8. The molecule has 4 aromatic rings. The Bertz CT molecular complexity index is 1440. The first-order valence-corrected chi connectivity index (χ1v) is 11.6. The zero-order valence-corrected chi connectivity index (χ0v) is 19.6. The van der Waals surface area contributed by atoms with Crippen LogP contribution in [0.3, 0.4) is 0 Å². The quantitative estimate of drug-likeness (QED) is 0.368. The number of nitrogens with one attached hydrogen (secondary N) is 1. The fourth-order valence-electron chi connectivity index (χ4n) is 4.36. The van der Waals surface area contributed by atoms with Gasteiger partial charge in [-0.25, -0.2) is 22.5 Å². The van der Waals surface area contributed by atoms with E-state index in [1.165, 1.54) is 30.3 Å². The van der Waals surface area contributed by atoms with Gasteiger partial charge in [-0.3, -0.25) is 4.79 Å². The Morgan fingerprint density at radius 2 is 1.59 bits per heavy atom. The highest BCUT2D eigenvalue weighted by Crippen LogP contribution is 2.33.